The molecule has 4 aliphatic carbocycles. The number of hydrogen-bond donors (Lipinski definition) is 4. The van der Waals surface area contributed by atoms with Crippen molar-refractivity contribution in [1.82, 2.24) is 9.44 Å². The Morgan fingerprint density at radius 2 is 0.931 bits per heavy atom. The van der Waals surface area contributed by atoms with Crippen LogP contribution in [0.5, 0.6) is 11.5 Å². The Kier molecular flexibility index (Phi) is 22.2. The third-order valence-electron chi connectivity index (χ3n) is 22.6. The van der Waals surface area contributed by atoms with E-state index in [1.807, 2.05) is 24.3 Å². The van der Waals surface area contributed by atoms with Gasteiger partial charge in [-0.25, -0.2) is 43.1 Å². The summed E-state index contributed by atoms with van der Waals surface area (Å²) in [7, 11) is -15.8. The molecule has 0 radical (unpaired) electrons. The van der Waals surface area contributed by atoms with E-state index >= 15 is 0 Å². The van der Waals surface area contributed by atoms with Crippen LogP contribution in [-0.2, 0) is 74.9 Å². The van der Waals surface area contributed by atoms with Crippen molar-refractivity contribution < 1.29 is 62.9 Å². The quantitative estimate of drug-likeness (QED) is 0.0929. The lowest BCUT2D eigenvalue weighted by atomic mass is 9.68. The first-order valence-electron chi connectivity index (χ1n) is 35.7. The molecule has 544 valence electrons. The highest BCUT2D eigenvalue weighted by Gasteiger charge is 2.47. The van der Waals surface area contributed by atoms with Gasteiger partial charge in [-0.3, -0.25) is 9.59 Å². The first-order valence-corrected chi connectivity index (χ1v) is 43.2. The number of rotatable bonds is 10. The number of aliphatic hydroxyl groups excluding tert-OH is 2. The molecule has 24 heteroatoms. The van der Waals surface area contributed by atoms with Crippen LogP contribution in [0.15, 0.2) is 158 Å². The third kappa shape index (κ3) is 16.8. The first kappa shape index (κ1) is 73.5. The van der Waals surface area contributed by atoms with E-state index in [1.54, 1.807) is 121 Å². The number of carbonyl (C=O) groups excluding carboxylic acids is 2. The maximum Gasteiger partial charge on any atom is 0.264 e. The first-order chi connectivity index (χ1) is 48.8. The van der Waals surface area contributed by atoms with E-state index in [4.69, 9.17) is 32.7 Å². The fraction of sp³-hybridized carbons (Fsp3) is 0.462. The molecule has 0 unspecified atom stereocenters. The summed E-state index contributed by atoms with van der Waals surface area (Å²) in [4.78, 5) is 32.0. The molecule has 4 aliphatic heterocycles. The van der Waals surface area contributed by atoms with Gasteiger partial charge >= 0.3 is 0 Å². The molecule has 0 aromatic heterocycles. The van der Waals surface area contributed by atoms with Crippen molar-refractivity contribution in [3.63, 3.8) is 0 Å². The molecule has 2 spiro atoms. The molecule has 4 N–H and O–H groups in total. The average molecular weight is 1510 g/mol. The van der Waals surface area contributed by atoms with E-state index in [9.17, 15) is 53.5 Å². The Labute approximate surface area is 610 Å². The number of benzene rings is 6. The number of aryl methyl sites for hydroxylation is 2. The average Bonchev–Trinajstić information content (AvgIpc) is 1.49. The highest BCUT2D eigenvalue weighted by Crippen LogP contribution is 2.50. The summed E-state index contributed by atoms with van der Waals surface area (Å²) >= 11 is 12.8. The summed E-state index contributed by atoms with van der Waals surface area (Å²) in [6.07, 6.45) is 15.5. The van der Waals surface area contributed by atoms with Gasteiger partial charge in [0.2, 0.25) is 20.0 Å². The van der Waals surface area contributed by atoms with Crippen molar-refractivity contribution in [2.75, 3.05) is 60.7 Å². The van der Waals surface area contributed by atoms with Gasteiger partial charge in [0.25, 0.3) is 11.8 Å². The standard InChI is InChI=1S/2C39H45ClN2O7S2/c2*40-31-14-16-34-28(21-31)9-6-19-39(34)25-42-23-30-12-15-33(30)36(43)11-5-4-10-32(18-20-50(45,46)24-27-7-2-1-3-8-27)51(47,48)41-38(44)29-13-17-37(49-26-39)35(42)22-29/h2*1-3,5,7-8,11,13-14,16-17,21-22,30,32-33,36,43H,4,6,9-10,12,15,18-20,23-26H2,(H,41,44)/b2*11-5+/t30-,32+,33+,36-,39-;30-,32-,33+,36-,39-/m00/s1. The fourth-order valence-electron chi connectivity index (χ4n) is 16.8. The summed E-state index contributed by atoms with van der Waals surface area (Å²) < 4.78 is 125. The number of amides is 2. The van der Waals surface area contributed by atoms with Gasteiger partial charge in [0.05, 0.1) is 70.3 Å². The SMILES string of the molecule is O=C1NS(=O)(=O)[C@@H](CCS(=O)(=O)Cc2ccccc2)CC/C=C/[C@H](O)[C@@H]2CC[C@H]2CN2C[C@@]3(CCCc4cc(Cl)ccc43)COc3ccc1cc32.O=C1NS(=O)(=O)[C@H](CCS(=O)(=O)Cc2ccccc2)CC/C=C/[C@H](O)[C@@H]2CC[C@H]2CN2C[C@@]3(CCCc4cc(Cl)ccc43)COc3ccc1cc32. The van der Waals surface area contributed by atoms with Crippen LogP contribution in [0.25, 0.3) is 0 Å². The molecule has 14 rings (SSSR count). The lowest BCUT2D eigenvalue weighted by Gasteiger charge is -2.45. The Balaban J connectivity index is 0.000000182. The fourth-order valence-corrected chi connectivity index (χ4v) is 23.3. The number of nitrogens with one attached hydrogen (secondary N) is 2. The monoisotopic (exact) mass is 1500 g/mol. The van der Waals surface area contributed by atoms with Crippen LogP contribution in [0, 0.1) is 23.7 Å². The number of anilines is 2. The van der Waals surface area contributed by atoms with Crippen molar-refractivity contribution in [2.45, 2.75) is 148 Å². The smallest absolute Gasteiger partial charge is 0.264 e. The topological polar surface area (TPSA) is 260 Å². The highest BCUT2D eigenvalue weighted by atomic mass is 35.5. The van der Waals surface area contributed by atoms with E-state index in [1.165, 1.54) is 22.3 Å². The van der Waals surface area contributed by atoms with Gasteiger partial charge in [0.1, 0.15) is 11.5 Å². The molecule has 4 heterocycles. The van der Waals surface area contributed by atoms with E-state index < -0.39 is 74.2 Å². The lowest BCUT2D eigenvalue weighted by molar-refractivity contribution is 0.0454. The Bertz CT molecular complexity index is 4330. The minimum atomic E-state index is -4.28. The van der Waals surface area contributed by atoms with Gasteiger partial charge < -0.3 is 29.5 Å². The summed E-state index contributed by atoms with van der Waals surface area (Å²) in [6, 6.07) is 39.8. The number of sulfone groups is 2. The second kappa shape index (κ2) is 30.7. The Morgan fingerprint density at radius 3 is 1.32 bits per heavy atom. The van der Waals surface area contributed by atoms with Crippen molar-refractivity contribution in [2.24, 2.45) is 23.7 Å². The number of halogens is 2. The molecule has 10 atom stereocenters. The van der Waals surface area contributed by atoms with E-state index in [0.717, 1.165) is 64.2 Å². The van der Waals surface area contributed by atoms with E-state index in [0.29, 0.717) is 96.3 Å². The van der Waals surface area contributed by atoms with Gasteiger partial charge in [-0.15, -0.1) is 0 Å². The summed E-state index contributed by atoms with van der Waals surface area (Å²) in [5, 5.41) is 21.7. The molecule has 102 heavy (non-hydrogen) atoms. The molecule has 18 nitrogen and oxygen atoms in total. The molecule has 2 amide bonds. The van der Waals surface area contributed by atoms with Crippen molar-refractivity contribution in [3.05, 3.63) is 212 Å². The molecule has 2 fully saturated rings. The molecule has 6 aromatic carbocycles. The largest absolute Gasteiger partial charge is 0.490 e. The molecular weight excluding hydrogens is 1420 g/mol. The summed E-state index contributed by atoms with van der Waals surface area (Å²) in [5.41, 5.74) is 7.23. The predicted octanol–water partition coefficient (Wildman–Crippen LogP) is 12.0. The zero-order valence-electron chi connectivity index (χ0n) is 57.1. The van der Waals surface area contributed by atoms with Gasteiger partial charge in [-0.2, -0.15) is 0 Å². The molecule has 4 bridgehead atoms. The maximum absolute atomic E-state index is 13.8. The van der Waals surface area contributed by atoms with Crippen molar-refractivity contribution in [3.8, 4) is 11.5 Å². The number of carbonyl (C=O) groups is 2. The third-order valence-corrected chi connectivity index (χ3v) is 30.0. The number of ether oxygens (including phenoxy) is 2. The molecule has 0 saturated heterocycles. The predicted molar refractivity (Wildman–Crippen MR) is 399 cm³/mol. The zero-order chi connectivity index (χ0) is 71.6. The van der Waals surface area contributed by atoms with E-state index in [-0.39, 0.29) is 94.3 Å². The molecule has 8 aliphatic rings. The highest BCUT2D eigenvalue weighted by molar-refractivity contribution is 7.92. The molecule has 2 saturated carbocycles. The van der Waals surface area contributed by atoms with Crippen molar-refractivity contribution in [1.29, 1.82) is 0 Å². The minimum Gasteiger partial charge on any atom is -0.490 e. The maximum atomic E-state index is 13.8. The van der Waals surface area contributed by atoms with Crippen LogP contribution >= 0.6 is 23.2 Å². The number of nitrogens with zero attached hydrogens (tertiary/aromatic N) is 2. The molecule has 6 aromatic rings. The van der Waals surface area contributed by atoms with Crippen LogP contribution < -0.4 is 28.7 Å². The number of allylic oxidation sites excluding steroid dienone is 2. The number of fused-ring (bicyclic) bond motifs is 8. The van der Waals surface area contributed by atoms with Gasteiger partial charge in [0, 0.05) is 58.2 Å². The van der Waals surface area contributed by atoms with Gasteiger partial charge in [0.15, 0.2) is 19.7 Å². The normalized spacial score (nSPS) is 28.3. The summed E-state index contributed by atoms with van der Waals surface area (Å²) in [6.45, 7) is 3.46. The van der Waals surface area contributed by atoms with Crippen LogP contribution in [0.2, 0.25) is 10.0 Å². The van der Waals surface area contributed by atoms with E-state index in [2.05, 4.69) is 31.4 Å². The molecular formula is C78H90Cl2N4O14S4. The Morgan fingerprint density at radius 1 is 0.520 bits per heavy atom. The van der Waals surface area contributed by atoms with Crippen molar-refractivity contribution >= 4 is 86.1 Å². The number of hydrogen-bond acceptors (Lipinski definition) is 16. The van der Waals surface area contributed by atoms with Crippen LogP contribution in [-0.4, -0.2) is 129 Å². The van der Waals surface area contributed by atoms with Gasteiger partial charge in [-0.1, -0.05) is 120 Å². The lowest BCUT2D eigenvalue weighted by Crippen LogP contribution is -2.49. The number of sulfonamides is 2. The number of aliphatic hydroxyl groups is 2. The minimum absolute atomic E-state index is 0.0318. The second-order valence-corrected chi connectivity index (χ2v) is 38.7. The van der Waals surface area contributed by atoms with Crippen LogP contribution in [0.4, 0.5) is 11.4 Å². The zero-order valence-corrected chi connectivity index (χ0v) is 61.9. The summed E-state index contributed by atoms with van der Waals surface area (Å²) in [5.74, 6) is -0.932. The Hall–Kier alpha value is -6.76. The van der Waals surface area contributed by atoms with Gasteiger partial charge in [-0.05, 0) is 220 Å². The van der Waals surface area contributed by atoms with Crippen LogP contribution in [0.1, 0.15) is 144 Å². The van der Waals surface area contributed by atoms with Crippen LogP contribution in [0.3, 0.4) is 0 Å². The second-order valence-electron chi connectivity index (χ2n) is 29.5.